The number of benzene rings is 2. The van der Waals surface area contributed by atoms with Crippen molar-refractivity contribution in [3.8, 4) is 0 Å². The molecule has 3 saturated heterocycles. The lowest BCUT2D eigenvalue weighted by molar-refractivity contribution is -0.125. The van der Waals surface area contributed by atoms with Crippen LogP contribution in [0.2, 0.25) is 5.02 Å². The molecule has 7 atom stereocenters. The topological polar surface area (TPSA) is 102 Å². The molecule has 2 bridgehead atoms. The molecule has 3 aliphatic heterocycles. The van der Waals surface area contributed by atoms with Crippen LogP contribution in [0.4, 0.5) is 4.39 Å². The Hall–Kier alpha value is -1.88. The second kappa shape index (κ2) is 12.4. The maximum atomic E-state index is 15.2. The monoisotopic (exact) mass is 605 g/mol. The number of piperazine rings is 1. The number of hydrogen-bond acceptors (Lipinski definition) is 6. The normalized spacial score (nSPS) is 32.2. The number of ether oxygens (including phenoxy) is 1. The van der Waals surface area contributed by atoms with Gasteiger partial charge in [0.2, 0.25) is 10.0 Å². The van der Waals surface area contributed by atoms with E-state index in [1.54, 1.807) is 16.4 Å². The Labute approximate surface area is 248 Å². The Balaban J connectivity index is 1.36. The number of rotatable bonds is 8. The molecule has 3 fully saturated rings. The van der Waals surface area contributed by atoms with E-state index in [2.05, 4.69) is 5.32 Å². The first-order chi connectivity index (χ1) is 19.5. The third-order valence-electron chi connectivity index (χ3n) is 9.20. The maximum Gasteiger partial charge on any atom is 0.214 e. The number of nitrogens with zero attached hydrogens (tertiary/aromatic N) is 1. The molecule has 224 valence electrons. The van der Waals surface area contributed by atoms with Gasteiger partial charge in [0.15, 0.2) is 5.78 Å². The first kappa shape index (κ1) is 30.6. The van der Waals surface area contributed by atoms with Gasteiger partial charge in [0.05, 0.1) is 24.0 Å². The van der Waals surface area contributed by atoms with Crippen LogP contribution in [0.15, 0.2) is 42.5 Å². The van der Waals surface area contributed by atoms with Crippen molar-refractivity contribution >= 4 is 27.4 Å². The van der Waals surface area contributed by atoms with E-state index in [-0.39, 0.29) is 48.1 Å². The fraction of sp³-hybridized carbons (Fsp3) is 0.581. The molecule has 2 aromatic carbocycles. The van der Waals surface area contributed by atoms with Gasteiger partial charge in [-0.25, -0.2) is 12.8 Å². The van der Waals surface area contributed by atoms with Crippen molar-refractivity contribution in [2.45, 2.75) is 94.5 Å². The number of nitrogens with one attached hydrogen (secondary N) is 1. The minimum absolute atomic E-state index is 0.000221. The average Bonchev–Trinajstić information content (AvgIpc) is 3.03. The SMILES string of the molecule is C[C@@H]1CC(c2ccc(Cl)cc2)([C@H](N)C(=O)Cc2cccc(F)c2CC[C@H]2CN[C@@H]3CCCS(=O)(=O)N2C3)C[C@H](C)O1. The average molecular weight is 606 g/mol. The molecule has 0 aliphatic carbocycles. The van der Waals surface area contributed by atoms with E-state index in [1.165, 1.54) is 6.07 Å². The van der Waals surface area contributed by atoms with Crippen molar-refractivity contribution in [2.24, 2.45) is 5.73 Å². The molecule has 7 nitrogen and oxygen atoms in total. The van der Waals surface area contributed by atoms with Crippen molar-refractivity contribution in [1.29, 1.82) is 0 Å². The van der Waals surface area contributed by atoms with Gasteiger partial charge in [-0.1, -0.05) is 35.9 Å². The summed E-state index contributed by atoms with van der Waals surface area (Å²) in [6, 6.07) is 11.4. The van der Waals surface area contributed by atoms with E-state index in [0.717, 1.165) is 12.0 Å². The van der Waals surface area contributed by atoms with Gasteiger partial charge < -0.3 is 15.8 Å². The molecule has 3 N–H and O–H groups in total. The number of sulfonamides is 1. The summed E-state index contributed by atoms with van der Waals surface area (Å²) in [6.07, 6.45) is 3.28. The van der Waals surface area contributed by atoms with E-state index in [1.807, 2.05) is 38.1 Å². The molecule has 5 rings (SSSR count). The molecule has 3 heterocycles. The lowest BCUT2D eigenvalue weighted by Crippen LogP contribution is -2.57. The number of Topliss-reactive ketones (excluding diaryl/α,β-unsaturated/α-hetero) is 1. The number of carbonyl (C=O) groups is 1. The number of halogens is 2. The summed E-state index contributed by atoms with van der Waals surface area (Å²) >= 11 is 6.17. The number of ketones is 1. The fourth-order valence-corrected chi connectivity index (χ4v) is 9.20. The summed E-state index contributed by atoms with van der Waals surface area (Å²) in [6.45, 7) is 4.99. The van der Waals surface area contributed by atoms with Crippen LogP contribution in [0, 0.1) is 5.82 Å². The van der Waals surface area contributed by atoms with Gasteiger partial charge in [0.25, 0.3) is 0 Å². The minimum Gasteiger partial charge on any atom is -0.375 e. The Morgan fingerprint density at radius 2 is 1.90 bits per heavy atom. The third kappa shape index (κ3) is 6.55. The van der Waals surface area contributed by atoms with Crippen LogP contribution in [0.25, 0.3) is 0 Å². The summed E-state index contributed by atoms with van der Waals surface area (Å²) < 4.78 is 48.7. The molecule has 2 aromatic rings. The summed E-state index contributed by atoms with van der Waals surface area (Å²) in [4.78, 5) is 13.9. The minimum atomic E-state index is -3.34. The van der Waals surface area contributed by atoms with Gasteiger partial charge in [-0.15, -0.1) is 0 Å². The molecule has 2 unspecified atom stereocenters. The van der Waals surface area contributed by atoms with Crippen molar-refractivity contribution in [2.75, 3.05) is 18.8 Å². The number of carbonyl (C=O) groups excluding carboxylic acids is 1. The highest BCUT2D eigenvalue weighted by molar-refractivity contribution is 7.89. The van der Waals surface area contributed by atoms with Crippen LogP contribution >= 0.6 is 11.6 Å². The van der Waals surface area contributed by atoms with Gasteiger partial charge in [-0.2, -0.15) is 4.31 Å². The van der Waals surface area contributed by atoms with Crippen molar-refractivity contribution < 1.29 is 22.3 Å². The summed E-state index contributed by atoms with van der Waals surface area (Å²) in [5.41, 5.74) is 8.20. The van der Waals surface area contributed by atoms with Crippen molar-refractivity contribution in [1.82, 2.24) is 9.62 Å². The standard InChI is InChI=1S/C31H41ClFN3O4S/c1-20-16-31(17-21(2)40-20,23-8-10-24(32)11-9-23)30(34)29(37)15-22-5-3-7-28(33)27(22)13-12-26-18-35-25-6-4-14-41(38,39)36(26)19-25/h3,5,7-11,20-21,25-26,30,35H,4,6,12-19,34H2,1-2H3/t20-,21+,25-,26+,30-,31?/m1/s1. The van der Waals surface area contributed by atoms with Gasteiger partial charge in [-0.3, -0.25) is 4.79 Å². The molecule has 0 saturated carbocycles. The van der Waals surface area contributed by atoms with Gasteiger partial charge in [-0.05, 0) is 87.3 Å². The second-order valence-electron chi connectivity index (χ2n) is 12.2. The van der Waals surface area contributed by atoms with Crippen LogP contribution in [0.3, 0.4) is 0 Å². The largest absolute Gasteiger partial charge is 0.375 e. The zero-order valence-corrected chi connectivity index (χ0v) is 25.4. The van der Waals surface area contributed by atoms with Crippen LogP contribution in [-0.2, 0) is 37.8 Å². The maximum absolute atomic E-state index is 15.2. The molecule has 0 amide bonds. The number of hydrogen-bond donors (Lipinski definition) is 2. The second-order valence-corrected chi connectivity index (χ2v) is 14.6. The molecule has 0 spiro atoms. The van der Waals surface area contributed by atoms with Crippen molar-refractivity contribution in [3.05, 3.63) is 70.0 Å². The van der Waals surface area contributed by atoms with E-state index >= 15 is 4.39 Å². The van der Waals surface area contributed by atoms with Crippen molar-refractivity contribution in [3.63, 3.8) is 0 Å². The quantitative estimate of drug-likeness (QED) is 0.469. The summed E-state index contributed by atoms with van der Waals surface area (Å²) in [7, 11) is -3.34. The van der Waals surface area contributed by atoms with Crippen LogP contribution in [0.1, 0.15) is 62.6 Å². The summed E-state index contributed by atoms with van der Waals surface area (Å²) in [5.74, 6) is -0.397. The Bertz CT molecular complexity index is 1350. The molecular weight excluding hydrogens is 565 g/mol. The van der Waals surface area contributed by atoms with Gasteiger partial charge >= 0.3 is 0 Å². The molecule has 41 heavy (non-hydrogen) atoms. The molecular formula is C31H41ClFN3O4S. The molecule has 3 aliphatic rings. The third-order valence-corrected chi connectivity index (χ3v) is 11.4. The van der Waals surface area contributed by atoms with E-state index in [4.69, 9.17) is 22.1 Å². The highest BCUT2D eigenvalue weighted by atomic mass is 35.5. The van der Waals surface area contributed by atoms with Gasteiger partial charge in [0, 0.05) is 42.0 Å². The predicted octanol–water partition coefficient (Wildman–Crippen LogP) is 4.14. The fourth-order valence-electron chi connectivity index (χ4n) is 7.26. The molecule has 0 radical (unpaired) electrons. The Kier molecular flexibility index (Phi) is 9.24. The van der Waals surface area contributed by atoms with Gasteiger partial charge in [0.1, 0.15) is 5.82 Å². The van der Waals surface area contributed by atoms with Crippen LogP contribution in [-0.4, -0.2) is 67.7 Å². The summed E-state index contributed by atoms with van der Waals surface area (Å²) in [5, 5.41) is 4.08. The number of fused-ring (bicyclic) bond motifs is 2. The van der Waals surface area contributed by atoms with E-state index in [0.29, 0.717) is 61.3 Å². The van der Waals surface area contributed by atoms with Crippen LogP contribution in [0.5, 0.6) is 0 Å². The first-order valence-electron chi connectivity index (χ1n) is 14.7. The van der Waals surface area contributed by atoms with E-state index < -0.39 is 21.5 Å². The highest BCUT2D eigenvalue weighted by Gasteiger charge is 2.47. The lowest BCUT2D eigenvalue weighted by Gasteiger charge is -2.46. The first-order valence-corrected chi connectivity index (χ1v) is 16.7. The zero-order chi connectivity index (χ0) is 29.4. The lowest BCUT2D eigenvalue weighted by atomic mass is 9.64. The Morgan fingerprint density at radius 3 is 2.61 bits per heavy atom. The smallest absolute Gasteiger partial charge is 0.214 e. The Morgan fingerprint density at radius 1 is 1.20 bits per heavy atom. The molecule has 10 heteroatoms. The highest BCUT2D eigenvalue weighted by Crippen LogP contribution is 2.43. The molecule has 0 aromatic heterocycles. The van der Waals surface area contributed by atoms with E-state index in [9.17, 15) is 13.2 Å². The number of nitrogens with two attached hydrogens (primary N) is 1. The predicted molar refractivity (Wildman–Crippen MR) is 159 cm³/mol. The zero-order valence-electron chi connectivity index (χ0n) is 23.8. The van der Waals surface area contributed by atoms with Crippen LogP contribution < -0.4 is 11.1 Å².